The average molecular weight is 317 g/mol. The van der Waals surface area contributed by atoms with Gasteiger partial charge in [-0.15, -0.1) is 0 Å². The topological polar surface area (TPSA) is 92.5 Å². The Kier molecular flexibility index (Phi) is 5.48. The molecule has 2 unspecified atom stereocenters. The molecule has 0 spiro atoms. The molecule has 1 aliphatic carbocycles. The zero-order valence-electron chi connectivity index (χ0n) is 12.8. The fourth-order valence-corrected chi connectivity index (χ4v) is 4.48. The Labute approximate surface area is 127 Å². The van der Waals surface area contributed by atoms with Crippen molar-refractivity contribution in [2.24, 2.45) is 22.9 Å². The summed E-state index contributed by atoms with van der Waals surface area (Å²) in [5, 5.41) is 8.09. The third-order valence-corrected chi connectivity index (χ3v) is 5.65. The lowest BCUT2D eigenvalue weighted by atomic mass is 9.99. The quantitative estimate of drug-likeness (QED) is 0.814. The number of hydrogen-bond donors (Lipinski definition) is 2. The first-order valence-corrected chi connectivity index (χ1v) is 9.58. The predicted molar refractivity (Wildman–Crippen MR) is 82.2 cm³/mol. The lowest BCUT2D eigenvalue weighted by Crippen LogP contribution is -2.46. The number of urea groups is 1. The molecular formula is C14H27N3O3S. The molecule has 6 nitrogen and oxygen atoms in total. The molecule has 2 aliphatic rings. The first-order chi connectivity index (χ1) is 9.83. The number of nitrogens with zero attached hydrogens (tertiary/aromatic N) is 1. The number of amides is 2. The van der Waals surface area contributed by atoms with Gasteiger partial charge in [-0.2, -0.15) is 0 Å². The van der Waals surface area contributed by atoms with Crippen molar-refractivity contribution in [2.75, 3.05) is 25.4 Å². The van der Waals surface area contributed by atoms with Crippen LogP contribution in [0.25, 0.3) is 0 Å². The normalized spacial score (nSPS) is 27.8. The van der Waals surface area contributed by atoms with E-state index in [0.29, 0.717) is 31.8 Å². The molecule has 1 aliphatic heterocycles. The molecule has 1 heterocycles. The van der Waals surface area contributed by atoms with Crippen LogP contribution < -0.4 is 10.5 Å². The second kappa shape index (κ2) is 6.96. The molecule has 0 bridgehead atoms. The van der Waals surface area contributed by atoms with Crippen LogP contribution in [0.3, 0.4) is 0 Å². The Morgan fingerprint density at radius 1 is 1.19 bits per heavy atom. The zero-order valence-corrected chi connectivity index (χ0v) is 13.6. The van der Waals surface area contributed by atoms with Crippen LogP contribution in [0.2, 0.25) is 0 Å². The Morgan fingerprint density at radius 3 is 2.38 bits per heavy atom. The fraction of sp³-hybridized carbons (Fsp3) is 0.929. The summed E-state index contributed by atoms with van der Waals surface area (Å²) >= 11 is 0. The van der Waals surface area contributed by atoms with Crippen LogP contribution in [-0.4, -0.2) is 44.7 Å². The molecule has 1 saturated carbocycles. The van der Waals surface area contributed by atoms with Gasteiger partial charge in [-0.25, -0.2) is 18.4 Å². The Hall–Kier alpha value is -0.820. The highest BCUT2D eigenvalue weighted by atomic mass is 32.2. The third kappa shape index (κ3) is 5.47. The van der Waals surface area contributed by atoms with Gasteiger partial charge in [-0.3, -0.25) is 0 Å². The van der Waals surface area contributed by atoms with Crippen LogP contribution in [0.5, 0.6) is 0 Å². The molecule has 1 saturated heterocycles. The van der Waals surface area contributed by atoms with Gasteiger partial charge >= 0.3 is 6.03 Å². The smallest absolute Gasteiger partial charge is 0.317 e. The second-order valence-corrected chi connectivity index (χ2v) is 8.39. The van der Waals surface area contributed by atoms with E-state index in [0.717, 1.165) is 12.5 Å². The Balaban J connectivity index is 1.68. The largest absolute Gasteiger partial charge is 0.338 e. The molecule has 3 N–H and O–H groups in total. The molecule has 21 heavy (non-hydrogen) atoms. The van der Waals surface area contributed by atoms with Gasteiger partial charge in [0.05, 0.1) is 5.75 Å². The third-order valence-electron chi connectivity index (χ3n) is 4.72. The SMILES string of the molecule is CC1CCC(CNC(=O)N2CCC(CS(N)(=O)=O)CC2)C1. The molecule has 2 rings (SSSR count). The summed E-state index contributed by atoms with van der Waals surface area (Å²) < 4.78 is 22.2. The van der Waals surface area contributed by atoms with Crippen molar-refractivity contribution >= 4 is 16.1 Å². The van der Waals surface area contributed by atoms with E-state index in [9.17, 15) is 13.2 Å². The number of nitrogens with one attached hydrogen (secondary N) is 1. The molecule has 2 fully saturated rings. The van der Waals surface area contributed by atoms with Gasteiger partial charge in [0.15, 0.2) is 0 Å². The molecule has 7 heteroatoms. The molecule has 2 amide bonds. The monoisotopic (exact) mass is 317 g/mol. The summed E-state index contributed by atoms with van der Waals surface area (Å²) in [6, 6.07) is -0.0105. The van der Waals surface area contributed by atoms with E-state index in [1.807, 2.05) is 0 Å². The number of nitrogens with two attached hydrogens (primary N) is 1. The molecule has 122 valence electrons. The molecular weight excluding hydrogens is 290 g/mol. The van der Waals surface area contributed by atoms with Gasteiger partial charge in [0.25, 0.3) is 0 Å². The van der Waals surface area contributed by atoms with E-state index < -0.39 is 10.0 Å². The first-order valence-electron chi connectivity index (χ1n) is 7.86. The maximum atomic E-state index is 12.1. The summed E-state index contributed by atoms with van der Waals surface area (Å²) in [5.74, 6) is 1.51. The summed E-state index contributed by atoms with van der Waals surface area (Å²) in [6.45, 7) is 4.26. The van der Waals surface area contributed by atoms with Crippen LogP contribution >= 0.6 is 0 Å². The number of piperidine rings is 1. The van der Waals surface area contributed by atoms with E-state index in [-0.39, 0.29) is 17.7 Å². The maximum absolute atomic E-state index is 12.1. The standard InChI is InChI=1S/C14H27N3O3S/c1-11-2-3-13(8-11)9-16-14(18)17-6-4-12(5-7-17)10-21(15,19)20/h11-13H,2-10H2,1H3,(H,16,18)(H2,15,19,20). The van der Waals surface area contributed by atoms with E-state index in [1.165, 1.54) is 19.3 Å². The predicted octanol–water partition coefficient (Wildman–Crippen LogP) is 1.13. The fourth-order valence-electron chi connectivity index (χ4n) is 3.49. The molecule has 2 atom stereocenters. The number of hydrogen-bond acceptors (Lipinski definition) is 3. The lowest BCUT2D eigenvalue weighted by Gasteiger charge is -2.31. The number of carbonyl (C=O) groups excluding carboxylic acids is 1. The number of carbonyl (C=O) groups is 1. The van der Waals surface area contributed by atoms with Gasteiger partial charge < -0.3 is 10.2 Å². The minimum Gasteiger partial charge on any atom is -0.338 e. The summed E-state index contributed by atoms with van der Waals surface area (Å²) in [6.07, 6.45) is 5.10. The summed E-state index contributed by atoms with van der Waals surface area (Å²) in [4.78, 5) is 13.9. The van der Waals surface area contributed by atoms with E-state index in [1.54, 1.807) is 4.90 Å². The van der Waals surface area contributed by atoms with Crippen molar-refractivity contribution in [3.8, 4) is 0 Å². The molecule has 0 aromatic heterocycles. The lowest BCUT2D eigenvalue weighted by molar-refractivity contribution is 0.173. The zero-order chi connectivity index (χ0) is 15.5. The Morgan fingerprint density at radius 2 is 1.86 bits per heavy atom. The van der Waals surface area contributed by atoms with Crippen LogP contribution in [-0.2, 0) is 10.0 Å². The van der Waals surface area contributed by atoms with Crippen LogP contribution in [0, 0.1) is 17.8 Å². The highest BCUT2D eigenvalue weighted by Crippen LogP contribution is 2.29. The summed E-state index contributed by atoms with van der Waals surface area (Å²) in [5.41, 5.74) is 0. The maximum Gasteiger partial charge on any atom is 0.317 e. The molecule has 0 radical (unpaired) electrons. The van der Waals surface area contributed by atoms with Crippen molar-refractivity contribution in [1.82, 2.24) is 10.2 Å². The minimum absolute atomic E-state index is 0.0105. The van der Waals surface area contributed by atoms with Crippen molar-refractivity contribution in [3.63, 3.8) is 0 Å². The molecule has 0 aromatic rings. The highest BCUT2D eigenvalue weighted by Gasteiger charge is 2.26. The first kappa shape index (κ1) is 16.5. The van der Waals surface area contributed by atoms with Gasteiger partial charge in [0.1, 0.15) is 0 Å². The van der Waals surface area contributed by atoms with Crippen LogP contribution in [0.1, 0.15) is 39.0 Å². The Bertz CT molecular complexity index is 458. The van der Waals surface area contributed by atoms with Gasteiger partial charge in [0.2, 0.25) is 10.0 Å². The van der Waals surface area contributed by atoms with Crippen molar-refractivity contribution in [3.05, 3.63) is 0 Å². The average Bonchev–Trinajstić information content (AvgIpc) is 2.81. The van der Waals surface area contributed by atoms with Crippen molar-refractivity contribution < 1.29 is 13.2 Å². The van der Waals surface area contributed by atoms with E-state index >= 15 is 0 Å². The van der Waals surface area contributed by atoms with Gasteiger partial charge in [-0.05, 0) is 43.4 Å². The van der Waals surface area contributed by atoms with Gasteiger partial charge in [0, 0.05) is 19.6 Å². The van der Waals surface area contributed by atoms with Gasteiger partial charge in [-0.1, -0.05) is 13.3 Å². The number of sulfonamides is 1. The van der Waals surface area contributed by atoms with Crippen LogP contribution in [0.4, 0.5) is 4.79 Å². The van der Waals surface area contributed by atoms with E-state index in [2.05, 4.69) is 12.2 Å². The number of rotatable bonds is 4. The van der Waals surface area contributed by atoms with Crippen molar-refractivity contribution in [1.29, 1.82) is 0 Å². The highest BCUT2D eigenvalue weighted by molar-refractivity contribution is 7.89. The van der Waals surface area contributed by atoms with E-state index in [4.69, 9.17) is 5.14 Å². The summed E-state index contributed by atoms with van der Waals surface area (Å²) in [7, 11) is -3.41. The molecule has 0 aromatic carbocycles. The minimum atomic E-state index is -3.41. The van der Waals surface area contributed by atoms with Crippen molar-refractivity contribution in [2.45, 2.75) is 39.0 Å². The number of likely N-dealkylation sites (tertiary alicyclic amines) is 1. The second-order valence-electron chi connectivity index (χ2n) is 6.73. The van der Waals surface area contributed by atoms with Crippen LogP contribution in [0.15, 0.2) is 0 Å². The number of primary sulfonamides is 1.